The maximum atomic E-state index is 12.0. The van der Waals surface area contributed by atoms with E-state index in [1.165, 1.54) is 11.3 Å². The third-order valence-electron chi connectivity index (χ3n) is 4.17. The molecular weight excluding hydrogens is 400 g/mol. The van der Waals surface area contributed by atoms with Gasteiger partial charge in [0.25, 0.3) is 0 Å². The fourth-order valence-electron chi connectivity index (χ4n) is 2.65. The highest BCUT2D eigenvalue weighted by Crippen LogP contribution is 2.22. The monoisotopic (exact) mass is 422 g/mol. The molecule has 0 aliphatic rings. The molecule has 0 fully saturated rings. The standard InChI is InChI=1S/C23H22N2O4S/c26-20(21-7-4-16-30-21)12-13-22(27)24-15-14-23(28)25-17-8-10-19(11-9-17)29-18-5-2-1-3-6-18/h1-11,16H,12-15H2,(H,24,27)(H,25,28). The second-order valence-electron chi connectivity index (χ2n) is 6.49. The van der Waals surface area contributed by atoms with Crippen LogP contribution in [-0.4, -0.2) is 24.1 Å². The van der Waals surface area contributed by atoms with Crippen molar-refractivity contribution < 1.29 is 19.1 Å². The SMILES string of the molecule is O=C(CCC(=O)c1cccs1)NCCC(=O)Nc1ccc(Oc2ccccc2)cc1. The first kappa shape index (κ1) is 21.3. The molecule has 3 aromatic rings. The molecule has 0 saturated heterocycles. The van der Waals surface area contributed by atoms with Crippen LogP contribution >= 0.6 is 11.3 Å². The number of Topliss-reactive ketones (excluding diaryl/α,β-unsaturated/α-hetero) is 1. The zero-order valence-electron chi connectivity index (χ0n) is 16.3. The van der Waals surface area contributed by atoms with Crippen molar-refractivity contribution in [2.24, 2.45) is 0 Å². The number of rotatable bonds is 10. The van der Waals surface area contributed by atoms with Crippen LogP contribution in [0, 0.1) is 0 Å². The summed E-state index contributed by atoms with van der Waals surface area (Å²) in [7, 11) is 0. The molecule has 7 heteroatoms. The highest BCUT2D eigenvalue weighted by Gasteiger charge is 2.10. The number of ketones is 1. The molecule has 2 aromatic carbocycles. The molecule has 154 valence electrons. The summed E-state index contributed by atoms with van der Waals surface area (Å²) in [6, 6.07) is 20.0. The summed E-state index contributed by atoms with van der Waals surface area (Å²) in [5.74, 6) is 0.917. The fraction of sp³-hybridized carbons (Fsp3) is 0.174. The van der Waals surface area contributed by atoms with E-state index in [2.05, 4.69) is 10.6 Å². The third kappa shape index (κ3) is 6.86. The highest BCUT2D eigenvalue weighted by atomic mass is 32.1. The van der Waals surface area contributed by atoms with Crippen LogP contribution in [0.1, 0.15) is 28.9 Å². The predicted molar refractivity (Wildman–Crippen MR) is 117 cm³/mol. The molecular formula is C23H22N2O4S. The molecule has 0 aliphatic heterocycles. The van der Waals surface area contributed by atoms with Gasteiger partial charge in [0.15, 0.2) is 5.78 Å². The number of thiophene rings is 1. The summed E-state index contributed by atoms with van der Waals surface area (Å²) in [4.78, 5) is 36.4. The van der Waals surface area contributed by atoms with Crippen molar-refractivity contribution in [3.8, 4) is 11.5 Å². The molecule has 0 atom stereocenters. The molecule has 0 saturated carbocycles. The first-order chi connectivity index (χ1) is 14.6. The van der Waals surface area contributed by atoms with Gasteiger partial charge < -0.3 is 15.4 Å². The van der Waals surface area contributed by atoms with Crippen molar-refractivity contribution in [1.29, 1.82) is 0 Å². The van der Waals surface area contributed by atoms with E-state index in [0.717, 1.165) is 5.75 Å². The third-order valence-corrected chi connectivity index (χ3v) is 5.08. The van der Waals surface area contributed by atoms with Crippen molar-refractivity contribution in [2.75, 3.05) is 11.9 Å². The minimum Gasteiger partial charge on any atom is -0.457 e. The molecule has 2 amide bonds. The van der Waals surface area contributed by atoms with E-state index in [-0.39, 0.29) is 43.4 Å². The lowest BCUT2D eigenvalue weighted by molar-refractivity contribution is -0.121. The number of hydrogen-bond acceptors (Lipinski definition) is 5. The number of anilines is 1. The fourth-order valence-corrected chi connectivity index (χ4v) is 3.34. The Kier molecular flexibility index (Phi) is 7.74. The van der Waals surface area contributed by atoms with E-state index in [4.69, 9.17) is 4.74 Å². The first-order valence-electron chi connectivity index (χ1n) is 9.56. The van der Waals surface area contributed by atoms with Crippen molar-refractivity contribution in [1.82, 2.24) is 5.32 Å². The largest absolute Gasteiger partial charge is 0.457 e. The van der Waals surface area contributed by atoms with Crippen LogP contribution < -0.4 is 15.4 Å². The highest BCUT2D eigenvalue weighted by molar-refractivity contribution is 7.12. The number of para-hydroxylation sites is 1. The second kappa shape index (κ2) is 10.9. The molecule has 0 radical (unpaired) electrons. The Hall–Kier alpha value is -3.45. The molecule has 2 N–H and O–H groups in total. The Morgan fingerprint density at radius 1 is 0.767 bits per heavy atom. The van der Waals surface area contributed by atoms with E-state index in [0.29, 0.717) is 16.3 Å². The van der Waals surface area contributed by atoms with E-state index in [1.807, 2.05) is 35.7 Å². The minimum atomic E-state index is -0.241. The van der Waals surface area contributed by atoms with Crippen molar-refractivity contribution in [3.63, 3.8) is 0 Å². The van der Waals surface area contributed by atoms with Crippen LogP contribution in [0.2, 0.25) is 0 Å². The van der Waals surface area contributed by atoms with Crippen molar-refractivity contribution >= 4 is 34.6 Å². The number of carbonyl (C=O) groups is 3. The van der Waals surface area contributed by atoms with Gasteiger partial charge in [0.05, 0.1) is 4.88 Å². The molecule has 1 aromatic heterocycles. The number of carbonyl (C=O) groups excluding carboxylic acids is 3. The molecule has 30 heavy (non-hydrogen) atoms. The van der Waals surface area contributed by atoms with Crippen molar-refractivity contribution in [2.45, 2.75) is 19.3 Å². The number of hydrogen-bond donors (Lipinski definition) is 2. The Labute approximate surface area is 178 Å². The van der Waals surface area contributed by atoms with Gasteiger partial charge in [0.2, 0.25) is 11.8 Å². The molecule has 0 unspecified atom stereocenters. The predicted octanol–water partition coefficient (Wildman–Crippen LogP) is 4.65. The van der Waals surface area contributed by atoms with Gasteiger partial charge in [-0.15, -0.1) is 11.3 Å². The first-order valence-corrected chi connectivity index (χ1v) is 10.4. The molecule has 6 nitrogen and oxygen atoms in total. The number of ether oxygens (including phenoxy) is 1. The van der Waals surface area contributed by atoms with E-state index < -0.39 is 0 Å². The summed E-state index contributed by atoms with van der Waals surface area (Å²) in [6.07, 6.45) is 0.421. The van der Waals surface area contributed by atoms with Gasteiger partial charge in [-0.1, -0.05) is 24.3 Å². The lowest BCUT2D eigenvalue weighted by atomic mass is 10.2. The van der Waals surface area contributed by atoms with Crippen molar-refractivity contribution in [3.05, 3.63) is 77.0 Å². The second-order valence-corrected chi connectivity index (χ2v) is 7.44. The van der Waals surface area contributed by atoms with Crippen LogP contribution in [0.3, 0.4) is 0 Å². The lowest BCUT2D eigenvalue weighted by Crippen LogP contribution is -2.27. The van der Waals surface area contributed by atoms with E-state index in [1.54, 1.807) is 36.4 Å². The lowest BCUT2D eigenvalue weighted by Gasteiger charge is -2.08. The number of amides is 2. The normalized spacial score (nSPS) is 10.3. The Morgan fingerprint density at radius 2 is 1.50 bits per heavy atom. The van der Waals surface area contributed by atoms with Gasteiger partial charge >= 0.3 is 0 Å². The summed E-state index contributed by atoms with van der Waals surface area (Å²) in [5.41, 5.74) is 0.647. The van der Waals surface area contributed by atoms with E-state index in [9.17, 15) is 14.4 Å². The summed E-state index contributed by atoms with van der Waals surface area (Å²) >= 11 is 1.36. The number of nitrogens with one attached hydrogen (secondary N) is 2. The minimum absolute atomic E-state index is 0.0439. The Bertz CT molecular complexity index is 970. The van der Waals surface area contributed by atoms with Gasteiger partial charge in [-0.3, -0.25) is 14.4 Å². The van der Waals surface area contributed by atoms with Gasteiger partial charge in [-0.25, -0.2) is 0 Å². The molecule has 0 aliphatic carbocycles. The molecule has 1 heterocycles. The van der Waals surface area contributed by atoms with Crippen LogP contribution in [0.5, 0.6) is 11.5 Å². The van der Waals surface area contributed by atoms with Gasteiger partial charge in [-0.2, -0.15) is 0 Å². The molecule has 0 bridgehead atoms. The molecule has 0 spiro atoms. The van der Waals surface area contributed by atoms with Crippen LogP contribution in [0.25, 0.3) is 0 Å². The maximum Gasteiger partial charge on any atom is 0.226 e. The number of benzene rings is 2. The summed E-state index contributed by atoms with van der Waals surface area (Å²) < 4.78 is 5.71. The smallest absolute Gasteiger partial charge is 0.226 e. The van der Waals surface area contributed by atoms with Crippen LogP contribution in [-0.2, 0) is 9.59 Å². The summed E-state index contributed by atoms with van der Waals surface area (Å²) in [5, 5.41) is 7.27. The van der Waals surface area contributed by atoms with Gasteiger partial charge in [-0.05, 0) is 47.8 Å². The van der Waals surface area contributed by atoms with E-state index >= 15 is 0 Å². The average molecular weight is 423 g/mol. The van der Waals surface area contributed by atoms with Gasteiger partial charge in [0, 0.05) is 31.5 Å². The molecule has 3 rings (SSSR count). The van der Waals surface area contributed by atoms with Crippen LogP contribution in [0.4, 0.5) is 5.69 Å². The maximum absolute atomic E-state index is 12.0. The Morgan fingerprint density at radius 3 is 2.20 bits per heavy atom. The Balaban J connectivity index is 1.34. The summed E-state index contributed by atoms with van der Waals surface area (Å²) in [6.45, 7) is 0.215. The quantitative estimate of drug-likeness (QED) is 0.466. The zero-order valence-corrected chi connectivity index (χ0v) is 17.1. The zero-order chi connectivity index (χ0) is 21.2. The van der Waals surface area contributed by atoms with Gasteiger partial charge in [0.1, 0.15) is 11.5 Å². The average Bonchev–Trinajstić information content (AvgIpc) is 3.29. The van der Waals surface area contributed by atoms with Crippen LogP contribution in [0.15, 0.2) is 72.1 Å². The topological polar surface area (TPSA) is 84.5 Å².